The molecule has 2 unspecified atom stereocenters. The highest BCUT2D eigenvalue weighted by Gasteiger charge is 2.16. The molecule has 2 nitrogen and oxygen atoms in total. The van der Waals surface area contributed by atoms with Crippen LogP contribution in [-0.4, -0.2) is 5.52 Å². The van der Waals surface area contributed by atoms with Crippen molar-refractivity contribution in [2.45, 2.75) is 13.3 Å². The van der Waals surface area contributed by atoms with Gasteiger partial charge in [0.05, 0.1) is 6.07 Å². The molecule has 0 aromatic rings. The molecule has 0 spiro atoms. The quantitative estimate of drug-likeness (QED) is 0.576. The molecule has 0 N–H and O–H groups in total. The maximum atomic E-state index is 11.0. The highest BCUT2D eigenvalue weighted by molar-refractivity contribution is 7.40. The standard InChI is InChI=1S/C9H10NOP/c1-6-2-7(5-10)4-8(3-6)9(11)12/h2,4,8H,3,12H2,1H3. The van der Waals surface area contributed by atoms with Crippen molar-refractivity contribution >= 4 is 14.8 Å². The average Bonchev–Trinajstić information content (AvgIpc) is 2.03. The highest BCUT2D eigenvalue weighted by Crippen LogP contribution is 2.24. The molecule has 3 heteroatoms. The number of hydrogen-bond donors (Lipinski definition) is 0. The predicted molar refractivity (Wildman–Crippen MR) is 50.3 cm³/mol. The molecule has 0 heterocycles. The third-order valence-corrected chi connectivity index (χ3v) is 2.25. The summed E-state index contributed by atoms with van der Waals surface area (Å²) in [4.78, 5) is 11.0. The van der Waals surface area contributed by atoms with Crippen LogP contribution in [0.3, 0.4) is 0 Å². The Morgan fingerprint density at radius 1 is 1.83 bits per heavy atom. The van der Waals surface area contributed by atoms with E-state index in [1.807, 2.05) is 19.1 Å². The molecule has 12 heavy (non-hydrogen) atoms. The van der Waals surface area contributed by atoms with E-state index in [2.05, 4.69) is 9.24 Å². The minimum Gasteiger partial charge on any atom is -0.295 e. The summed E-state index contributed by atoms with van der Waals surface area (Å²) in [5.41, 5.74) is 1.74. The first-order valence-electron chi connectivity index (χ1n) is 3.72. The number of nitrogens with zero attached hydrogens (tertiary/aromatic N) is 1. The molecule has 0 amide bonds. The molecule has 0 aromatic heterocycles. The van der Waals surface area contributed by atoms with Crippen LogP contribution in [0.25, 0.3) is 0 Å². The normalized spacial score (nSPS) is 22.2. The third kappa shape index (κ3) is 2.03. The molecule has 0 saturated carbocycles. The minimum atomic E-state index is -0.116. The summed E-state index contributed by atoms with van der Waals surface area (Å²) in [6.07, 6.45) is 4.29. The van der Waals surface area contributed by atoms with Crippen molar-refractivity contribution in [3.8, 4) is 6.07 Å². The second-order valence-electron chi connectivity index (χ2n) is 2.94. The molecule has 2 atom stereocenters. The average molecular weight is 179 g/mol. The lowest BCUT2D eigenvalue weighted by atomic mass is 9.92. The Balaban J connectivity index is 2.90. The Hall–Kier alpha value is -0.930. The Bertz CT molecular complexity index is 309. The van der Waals surface area contributed by atoms with Crippen LogP contribution >= 0.6 is 9.24 Å². The molecule has 0 saturated heterocycles. The van der Waals surface area contributed by atoms with Gasteiger partial charge in [0.25, 0.3) is 0 Å². The van der Waals surface area contributed by atoms with Gasteiger partial charge in [0.1, 0.15) is 0 Å². The van der Waals surface area contributed by atoms with Gasteiger partial charge in [0.15, 0.2) is 5.52 Å². The van der Waals surface area contributed by atoms with Crippen LogP contribution in [0, 0.1) is 17.2 Å². The Labute approximate surface area is 74.2 Å². The predicted octanol–water partition coefficient (Wildman–Crippen LogP) is 1.80. The van der Waals surface area contributed by atoms with Gasteiger partial charge >= 0.3 is 0 Å². The number of allylic oxidation sites excluding steroid dienone is 4. The maximum absolute atomic E-state index is 11.0. The van der Waals surface area contributed by atoms with E-state index in [4.69, 9.17) is 5.26 Å². The van der Waals surface area contributed by atoms with Crippen LogP contribution in [-0.2, 0) is 4.79 Å². The monoisotopic (exact) mass is 179 g/mol. The summed E-state index contributed by atoms with van der Waals surface area (Å²) in [6.45, 7) is 1.94. The SMILES string of the molecule is CC1=CC(C#N)=CC(C(=O)P)C1. The molecule has 0 aromatic carbocycles. The van der Waals surface area contributed by atoms with Crippen molar-refractivity contribution in [2.75, 3.05) is 0 Å². The number of carbonyl (C=O) groups excluding carboxylic acids is 1. The highest BCUT2D eigenvalue weighted by atomic mass is 31.0. The number of carbonyl (C=O) groups is 1. The third-order valence-electron chi connectivity index (χ3n) is 1.82. The molecule has 62 valence electrons. The number of nitriles is 1. The topological polar surface area (TPSA) is 40.9 Å². The van der Waals surface area contributed by atoms with Crippen molar-refractivity contribution < 1.29 is 4.79 Å². The molecule has 0 bridgehead atoms. The van der Waals surface area contributed by atoms with Crippen molar-refractivity contribution in [1.29, 1.82) is 5.26 Å². The lowest BCUT2D eigenvalue weighted by Crippen LogP contribution is -2.09. The summed E-state index contributed by atoms with van der Waals surface area (Å²) < 4.78 is 0. The van der Waals surface area contributed by atoms with Gasteiger partial charge in [-0.2, -0.15) is 5.26 Å². The fourth-order valence-corrected chi connectivity index (χ4v) is 1.46. The number of hydrogen-bond acceptors (Lipinski definition) is 2. The number of rotatable bonds is 1. The largest absolute Gasteiger partial charge is 0.295 e. The molecular formula is C9H10NOP. The van der Waals surface area contributed by atoms with E-state index in [1.54, 1.807) is 6.08 Å². The fraction of sp³-hybridized carbons (Fsp3) is 0.333. The van der Waals surface area contributed by atoms with Crippen LogP contribution in [0.2, 0.25) is 0 Å². The molecule has 0 radical (unpaired) electrons. The van der Waals surface area contributed by atoms with Crippen LogP contribution in [0.1, 0.15) is 13.3 Å². The molecule has 1 aliphatic rings. The Morgan fingerprint density at radius 3 is 3.00 bits per heavy atom. The lowest BCUT2D eigenvalue weighted by Gasteiger charge is -2.13. The van der Waals surface area contributed by atoms with Gasteiger partial charge < -0.3 is 0 Å². The van der Waals surface area contributed by atoms with E-state index in [0.717, 1.165) is 12.0 Å². The Kier molecular flexibility index (Phi) is 2.78. The zero-order chi connectivity index (χ0) is 9.14. The lowest BCUT2D eigenvalue weighted by molar-refractivity contribution is -0.113. The van der Waals surface area contributed by atoms with Gasteiger partial charge in [-0.25, -0.2) is 0 Å². The van der Waals surface area contributed by atoms with Crippen molar-refractivity contribution in [1.82, 2.24) is 0 Å². The molecule has 0 aliphatic heterocycles. The summed E-state index contributed by atoms with van der Waals surface area (Å²) in [6, 6.07) is 2.04. The van der Waals surface area contributed by atoms with Gasteiger partial charge in [-0.1, -0.05) is 20.9 Å². The van der Waals surface area contributed by atoms with Crippen molar-refractivity contribution in [2.24, 2.45) is 5.92 Å². The first kappa shape index (κ1) is 9.16. The van der Waals surface area contributed by atoms with E-state index in [0.29, 0.717) is 5.57 Å². The first-order valence-corrected chi connectivity index (χ1v) is 4.29. The van der Waals surface area contributed by atoms with E-state index < -0.39 is 0 Å². The van der Waals surface area contributed by atoms with Crippen LogP contribution < -0.4 is 0 Å². The molecular weight excluding hydrogens is 169 g/mol. The van der Waals surface area contributed by atoms with Gasteiger partial charge in [-0.05, 0) is 19.4 Å². The summed E-state index contributed by atoms with van der Waals surface area (Å²) >= 11 is 0. The van der Waals surface area contributed by atoms with Crippen molar-refractivity contribution in [3.05, 3.63) is 23.3 Å². The van der Waals surface area contributed by atoms with Crippen LogP contribution in [0.4, 0.5) is 0 Å². The summed E-state index contributed by atoms with van der Waals surface area (Å²) in [7, 11) is 2.16. The second kappa shape index (κ2) is 3.65. The minimum absolute atomic E-state index is 0.0511. The van der Waals surface area contributed by atoms with Crippen molar-refractivity contribution in [3.63, 3.8) is 0 Å². The maximum Gasteiger partial charge on any atom is 0.155 e. The Morgan fingerprint density at radius 2 is 2.50 bits per heavy atom. The van der Waals surface area contributed by atoms with E-state index in [9.17, 15) is 4.79 Å². The fourth-order valence-electron chi connectivity index (χ4n) is 1.25. The zero-order valence-corrected chi connectivity index (χ0v) is 8.03. The smallest absolute Gasteiger partial charge is 0.155 e. The second-order valence-corrected chi connectivity index (χ2v) is 3.51. The molecule has 1 rings (SSSR count). The first-order chi connectivity index (χ1) is 5.63. The van der Waals surface area contributed by atoms with Gasteiger partial charge in [-0.3, -0.25) is 4.79 Å². The summed E-state index contributed by atoms with van der Waals surface area (Å²) in [5, 5.41) is 8.63. The zero-order valence-electron chi connectivity index (χ0n) is 6.87. The van der Waals surface area contributed by atoms with Crippen LogP contribution in [0.5, 0.6) is 0 Å². The van der Waals surface area contributed by atoms with E-state index >= 15 is 0 Å². The molecule has 1 aliphatic carbocycles. The van der Waals surface area contributed by atoms with E-state index in [-0.39, 0.29) is 11.4 Å². The van der Waals surface area contributed by atoms with Gasteiger partial charge in [-0.15, -0.1) is 0 Å². The summed E-state index contributed by atoms with van der Waals surface area (Å²) in [5.74, 6) is -0.116. The van der Waals surface area contributed by atoms with Crippen LogP contribution in [0.15, 0.2) is 23.3 Å². The molecule has 0 fully saturated rings. The van der Waals surface area contributed by atoms with Gasteiger partial charge in [0.2, 0.25) is 0 Å². The van der Waals surface area contributed by atoms with Gasteiger partial charge in [0, 0.05) is 11.5 Å². The van der Waals surface area contributed by atoms with E-state index in [1.165, 1.54) is 0 Å².